The third kappa shape index (κ3) is 3.50. The molecule has 7 nitrogen and oxygen atoms in total. The van der Waals surface area contributed by atoms with Gasteiger partial charge in [0.1, 0.15) is 11.5 Å². The van der Waals surface area contributed by atoms with Crippen molar-refractivity contribution < 1.29 is 18.8 Å². The lowest BCUT2D eigenvalue weighted by Crippen LogP contribution is -2.49. The van der Waals surface area contributed by atoms with Crippen LogP contribution in [0.1, 0.15) is 18.4 Å². The topological polar surface area (TPSA) is 93.5 Å². The highest BCUT2D eigenvalue weighted by molar-refractivity contribution is 5.89. The van der Waals surface area contributed by atoms with E-state index in [0.29, 0.717) is 31.6 Å². The van der Waals surface area contributed by atoms with Crippen molar-refractivity contribution in [2.24, 2.45) is 0 Å². The normalized spacial score (nSPS) is 15.9. The molecule has 2 aromatic carbocycles. The first-order valence-corrected chi connectivity index (χ1v) is 8.17. The zero-order chi connectivity index (χ0) is 18.6. The van der Waals surface area contributed by atoms with E-state index in [9.17, 15) is 19.3 Å². The molecule has 0 aromatic heterocycles. The van der Waals surface area contributed by atoms with Crippen molar-refractivity contribution in [3.05, 3.63) is 70.0 Å². The minimum Gasteiger partial charge on any atom is -0.381 e. The quantitative estimate of drug-likeness (QED) is 0.632. The molecule has 1 heterocycles. The molecule has 1 fully saturated rings. The lowest BCUT2D eigenvalue weighted by atomic mass is 9.73. The molecule has 0 unspecified atom stereocenters. The molecule has 26 heavy (non-hydrogen) atoms. The van der Waals surface area contributed by atoms with E-state index < -0.39 is 16.2 Å². The summed E-state index contributed by atoms with van der Waals surface area (Å²) in [5, 5.41) is 11.1. The van der Waals surface area contributed by atoms with Crippen molar-refractivity contribution in [3.8, 4) is 0 Å². The molecule has 2 N–H and O–H groups in total. The van der Waals surface area contributed by atoms with Crippen molar-refractivity contribution in [2.45, 2.75) is 18.3 Å². The molecule has 136 valence electrons. The number of nitrogens with zero attached hydrogens (tertiary/aromatic N) is 1. The summed E-state index contributed by atoms with van der Waals surface area (Å²) in [6.45, 7) is 0.741. The maximum absolute atomic E-state index is 13.7. The predicted octanol–water partition coefficient (Wildman–Crippen LogP) is 2.93. The number of nitro groups is 1. The zero-order valence-electron chi connectivity index (χ0n) is 13.9. The lowest BCUT2D eigenvalue weighted by molar-refractivity contribution is -0.384. The SMILES string of the molecule is O=C(NNc1ccccc1[N+](=O)[O-])C1(c2cccc(F)c2)CCOCC1. The molecule has 1 amide bonds. The Morgan fingerprint density at radius 3 is 2.58 bits per heavy atom. The highest BCUT2D eigenvalue weighted by atomic mass is 19.1. The fourth-order valence-electron chi connectivity index (χ4n) is 3.14. The van der Waals surface area contributed by atoms with Crippen LogP contribution >= 0.6 is 0 Å². The number of nitrogens with one attached hydrogen (secondary N) is 2. The van der Waals surface area contributed by atoms with Gasteiger partial charge in [-0.1, -0.05) is 24.3 Å². The van der Waals surface area contributed by atoms with E-state index in [1.54, 1.807) is 18.2 Å². The summed E-state index contributed by atoms with van der Waals surface area (Å²) in [4.78, 5) is 23.5. The number of hydrogen-bond donors (Lipinski definition) is 2. The van der Waals surface area contributed by atoms with Crippen molar-refractivity contribution in [1.82, 2.24) is 5.43 Å². The van der Waals surface area contributed by atoms with Gasteiger partial charge in [0.05, 0.1) is 10.3 Å². The Bertz CT molecular complexity index is 822. The summed E-state index contributed by atoms with van der Waals surface area (Å²) in [5.41, 5.74) is 4.79. The lowest BCUT2D eigenvalue weighted by Gasteiger charge is -2.36. The molecule has 0 atom stereocenters. The average Bonchev–Trinajstić information content (AvgIpc) is 2.66. The van der Waals surface area contributed by atoms with E-state index in [1.165, 1.54) is 30.3 Å². The summed E-state index contributed by atoms with van der Waals surface area (Å²) in [6, 6.07) is 11.9. The fourth-order valence-corrected chi connectivity index (χ4v) is 3.14. The second-order valence-electron chi connectivity index (χ2n) is 6.06. The van der Waals surface area contributed by atoms with Crippen LogP contribution in [0.25, 0.3) is 0 Å². The van der Waals surface area contributed by atoms with Crippen LogP contribution in [0.15, 0.2) is 48.5 Å². The number of ether oxygens (including phenoxy) is 1. The Morgan fingerprint density at radius 2 is 1.88 bits per heavy atom. The molecule has 1 saturated heterocycles. The fraction of sp³-hybridized carbons (Fsp3) is 0.278. The van der Waals surface area contributed by atoms with Crippen LogP contribution in [0.5, 0.6) is 0 Å². The maximum atomic E-state index is 13.7. The van der Waals surface area contributed by atoms with Crippen molar-refractivity contribution in [3.63, 3.8) is 0 Å². The van der Waals surface area contributed by atoms with Crippen molar-refractivity contribution in [1.29, 1.82) is 0 Å². The van der Waals surface area contributed by atoms with Crippen molar-refractivity contribution in [2.75, 3.05) is 18.6 Å². The first kappa shape index (κ1) is 17.8. The van der Waals surface area contributed by atoms with Crippen LogP contribution < -0.4 is 10.9 Å². The Hall–Kier alpha value is -3.00. The Kier molecular flexibility index (Phi) is 5.13. The molecule has 0 aliphatic carbocycles. The molecule has 0 spiro atoms. The first-order chi connectivity index (χ1) is 12.5. The monoisotopic (exact) mass is 359 g/mol. The number of benzene rings is 2. The summed E-state index contributed by atoms with van der Waals surface area (Å²) < 4.78 is 19.1. The largest absolute Gasteiger partial charge is 0.381 e. The highest BCUT2D eigenvalue weighted by Crippen LogP contribution is 2.35. The molecule has 0 saturated carbocycles. The van der Waals surface area contributed by atoms with Gasteiger partial charge in [-0.2, -0.15) is 0 Å². The second-order valence-corrected chi connectivity index (χ2v) is 6.06. The van der Waals surface area contributed by atoms with E-state index in [-0.39, 0.29) is 17.3 Å². The van der Waals surface area contributed by atoms with Gasteiger partial charge in [0.2, 0.25) is 5.91 Å². The van der Waals surface area contributed by atoms with Gasteiger partial charge in [-0.05, 0) is 36.6 Å². The van der Waals surface area contributed by atoms with Crippen LogP contribution in [0.4, 0.5) is 15.8 Å². The number of hydrazine groups is 1. The highest BCUT2D eigenvalue weighted by Gasteiger charge is 2.42. The number of carbonyl (C=O) groups is 1. The number of rotatable bonds is 5. The molecule has 1 aliphatic rings. The number of anilines is 1. The second kappa shape index (κ2) is 7.49. The van der Waals surface area contributed by atoms with E-state index >= 15 is 0 Å². The third-order valence-corrected chi connectivity index (χ3v) is 4.57. The number of carbonyl (C=O) groups excluding carboxylic acids is 1. The van der Waals surface area contributed by atoms with E-state index in [1.807, 2.05) is 0 Å². The van der Waals surface area contributed by atoms with Crippen LogP contribution in [-0.2, 0) is 14.9 Å². The summed E-state index contributed by atoms with van der Waals surface area (Å²) >= 11 is 0. The molecule has 8 heteroatoms. The van der Waals surface area contributed by atoms with Gasteiger partial charge >= 0.3 is 0 Å². The average molecular weight is 359 g/mol. The van der Waals surface area contributed by atoms with Crippen LogP contribution in [0, 0.1) is 15.9 Å². The molecule has 3 rings (SSSR count). The van der Waals surface area contributed by atoms with E-state index in [2.05, 4.69) is 10.9 Å². The van der Waals surface area contributed by atoms with Crippen molar-refractivity contribution >= 4 is 17.3 Å². The number of nitro benzene ring substituents is 1. The molecule has 2 aromatic rings. The number of hydrogen-bond acceptors (Lipinski definition) is 5. The minimum absolute atomic E-state index is 0.153. The molecule has 0 bridgehead atoms. The minimum atomic E-state index is -0.961. The Balaban J connectivity index is 1.84. The Labute approximate surface area is 149 Å². The van der Waals surface area contributed by atoms with Crippen LogP contribution in [0.2, 0.25) is 0 Å². The summed E-state index contributed by atoms with van der Waals surface area (Å²) in [7, 11) is 0. The number of para-hydroxylation sites is 2. The molecular weight excluding hydrogens is 341 g/mol. The van der Waals surface area contributed by atoms with E-state index in [0.717, 1.165) is 0 Å². The van der Waals surface area contributed by atoms with Gasteiger partial charge in [-0.3, -0.25) is 25.8 Å². The number of halogens is 1. The molecular formula is C18H18FN3O4. The van der Waals surface area contributed by atoms with Gasteiger partial charge in [-0.15, -0.1) is 0 Å². The molecule has 0 radical (unpaired) electrons. The predicted molar refractivity (Wildman–Crippen MR) is 93.0 cm³/mol. The third-order valence-electron chi connectivity index (χ3n) is 4.57. The van der Waals surface area contributed by atoms with Crippen LogP contribution in [0.3, 0.4) is 0 Å². The standard InChI is InChI=1S/C18H18FN3O4/c19-14-5-3-4-13(12-14)18(8-10-26-11-9-18)17(23)21-20-15-6-1-2-7-16(15)22(24)25/h1-7,12,20H,8-11H2,(H,21,23). The van der Waals surface area contributed by atoms with Gasteiger partial charge < -0.3 is 4.74 Å². The zero-order valence-corrected chi connectivity index (χ0v) is 13.9. The Morgan fingerprint density at radius 1 is 1.15 bits per heavy atom. The summed E-state index contributed by atoms with van der Waals surface area (Å²) in [5.74, 6) is -0.808. The van der Waals surface area contributed by atoms with Gasteiger partial charge in [0.25, 0.3) is 5.69 Å². The number of amides is 1. The van der Waals surface area contributed by atoms with Gasteiger partial charge in [0.15, 0.2) is 0 Å². The summed E-state index contributed by atoms with van der Waals surface area (Å²) in [6.07, 6.45) is 0.779. The maximum Gasteiger partial charge on any atom is 0.294 e. The van der Waals surface area contributed by atoms with Gasteiger partial charge in [-0.25, -0.2) is 4.39 Å². The van der Waals surface area contributed by atoms with Crippen LogP contribution in [-0.4, -0.2) is 24.0 Å². The first-order valence-electron chi connectivity index (χ1n) is 8.17. The van der Waals surface area contributed by atoms with Gasteiger partial charge in [0, 0.05) is 19.3 Å². The smallest absolute Gasteiger partial charge is 0.294 e. The van der Waals surface area contributed by atoms with E-state index in [4.69, 9.17) is 4.74 Å². The molecule has 1 aliphatic heterocycles.